The second-order valence-electron chi connectivity index (χ2n) is 3.48. The van der Waals surface area contributed by atoms with Crippen LogP contribution in [0.4, 0.5) is 0 Å². The molecule has 1 atom stereocenters. The van der Waals surface area contributed by atoms with Crippen molar-refractivity contribution in [1.29, 1.82) is 0 Å². The summed E-state index contributed by atoms with van der Waals surface area (Å²) in [6.07, 6.45) is 1.11. The molecular formula is C9H15N3O. The van der Waals surface area contributed by atoms with Crippen molar-refractivity contribution < 1.29 is 4.74 Å². The molecule has 0 spiro atoms. The molecule has 1 aliphatic heterocycles. The van der Waals surface area contributed by atoms with Crippen LogP contribution in [0.25, 0.3) is 0 Å². The molecule has 2 N–H and O–H groups in total. The van der Waals surface area contributed by atoms with Gasteiger partial charge in [0, 0.05) is 24.9 Å². The lowest BCUT2D eigenvalue weighted by Crippen LogP contribution is -2.28. The molecule has 0 aromatic carbocycles. The molecule has 0 bridgehead atoms. The molecule has 1 aromatic rings. The minimum absolute atomic E-state index is 0.511. The summed E-state index contributed by atoms with van der Waals surface area (Å²) in [4.78, 5) is 0. The van der Waals surface area contributed by atoms with Crippen LogP contribution in [0.3, 0.4) is 0 Å². The number of aryl methyl sites for hydroxylation is 1. The number of hydrogen-bond donors (Lipinski definition) is 2. The summed E-state index contributed by atoms with van der Waals surface area (Å²) in [6.45, 7) is 4.56. The zero-order valence-corrected chi connectivity index (χ0v) is 7.84. The second-order valence-corrected chi connectivity index (χ2v) is 3.48. The number of hydrogen-bond acceptors (Lipinski definition) is 3. The van der Waals surface area contributed by atoms with Crippen LogP contribution in [-0.4, -0.2) is 29.5 Å². The van der Waals surface area contributed by atoms with E-state index < -0.39 is 0 Å². The van der Waals surface area contributed by atoms with E-state index in [4.69, 9.17) is 4.74 Å². The van der Waals surface area contributed by atoms with Crippen molar-refractivity contribution in [2.75, 3.05) is 13.2 Å². The van der Waals surface area contributed by atoms with Crippen LogP contribution >= 0.6 is 0 Å². The Morgan fingerprint density at radius 3 is 3.31 bits per heavy atom. The number of H-pyrrole nitrogens is 1. The number of ether oxygens (including phenoxy) is 1. The first-order valence-corrected chi connectivity index (χ1v) is 4.66. The molecule has 4 heteroatoms. The maximum Gasteiger partial charge on any atom is 0.0762 e. The lowest BCUT2D eigenvalue weighted by molar-refractivity contribution is 0.189. The predicted octanol–water partition coefficient (Wildman–Crippen LogP) is 0.597. The number of aromatic nitrogens is 2. The summed E-state index contributed by atoms with van der Waals surface area (Å²) in [6, 6.07) is 2.57. The fraction of sp³-hybridized carbons (Fsp3) is 0.667. The topological polar surface area (TPSA) is 49.9 Å². The standard InChI is InChI=1S/C9H15N3O/c1-7-4-9(12-11-7)5-10-8-2-3-13-6-8/h4,8,10H,2-3,5-6H2,1H3,(H,11,12). The Labute approximate surface area is 77.7 Å². The summed E-state index contributed by atoms with van der Waals surface area (Å²) in [5.41, 5.74) is 2.18. The van der Waals surface area contributed by atoms with E-state index in [1.165, 1.54) is 0 Å². The highest BCUT2D eigenvalue weighted by molar-refractivity contribution is 5.06. The molecule has 2 rings (SSSR count). The fourth-order valence-electron chi connectivity index (χ4n) is 1.51. The van der Waals surface area contributed by atoms with Crippen molar-refractivity contribution in [2.24, 2.45) is 0 Å². The van der Waals surface area contributed by atoms with Gasteiger partial charge in [0.2, 0.25) is 0 Å². The molecule has 1 unspecified atom stereocenters. The molecule has 0 amide bonds. The van der Waals surface area contributed by atoms with Crippen molar-refractivity contribution >= 4 is 0 Å². The lowest BCUT2D eigenvalue weighted by Gasteiger charge is -2.07. The largest absolute Gasteiger partial charge is 0.380 e. The highest BCUT2D eigenvalue weighted by Crippen LogP contribution is 2.04. The lowest BCUT2D eigenvalue weighted by atomic mass is 10.2. The van der Waals surface area contributed by atoms with Gasteiger partial charge in [0.1, 0.15) is 0 Å². The Bertz CT molecular complexity index is 266. The Hall–Kier alpha value is -0.870. The summed E-state index contributed by atoms with van der Waals surface area (Å²) in [7, 11) is 0. The molecular weight excluding hydrogens is 166 g/mol. The van der Waals surface area contributed by atoms with Crippen LogP contribution < -0.4 is 5.32 Å². The highest BCUT2D eigenvalue weighted by Gasteiger charge is 2.14. The van der Waals surface area contributed by atoms with Gasteiger partial charge in [-0.15, -0.1) is 0 Å². The van der Waals surface area contributed by atoms with Crippen molar-refractivity contribution in [2.45, 2.75) is 25.9 Å². The Balaban J connectivity index is 1.78. The SMILES string of the molecule is Cc1cc(CNC2CCOC2)n[nH]1. The number of nitrogens with one attached hydrogen (secondary N) is 2. The van der Waals surface area contributed by atoms with E-state index in [2.05, 4.69) is 21.6 Å². The number of rotatable bonds is 3. The van der Waals surface area contributed by atoms with Crippen molar-refractivity contribution in [3.63, 3.8) is 0 Å². The van der Waals surface area contributed by atoms with Gasteiger partial charge in [-0.2, -0.15) is 5.10 Å². The van der Waals surface area contributed by atoms with E-state index in [1.807, 2.05) is 6.92 Å². The molecule has 2 heterocycles. The molecule has 13 heavy (non-hydrogen) atoms. The maximum absolute atomic E-state index is 5.26. The molecule has 72 valence electrons. The first-order chi connectivity index (χ1) is 6.34. The van der Waals surface area contributed by atoms with Gasteiger partial charge in [0.05, 0.1) is 12.3 Å². The maximum atomic E-state index is 5.26. The monoisotopic (exact) mass is 181 g/mol. The van der Waals surface area contributed by atoms with Crippen LogP contribution in [0.15, 0.2) is 6.07 Å². The molecule has 0 saturated carbocycles. The van der Waals surface area contributed by atoms with Gasteiger partial charge in [0.15, 0.2) is 0 Å². The van der Waals surface area contributed by atoms with E-state index in [-0.39, 0.29) is 0 Å². The molecule has 1 fully saturated rings. The molecule has 1 aromatic heterocycles. The third kappa shape index (κ3) is 2.29. The van der Waals surface area contributed by atoms with Gasteiger partial charge < -0.3 is 10.1 Å². The normalized spacial score (nSPS) is 22.4. The minimum atomic E-state index is 0.511. The van der Waals surface area contributed by atoms with Gasteiger partial charge in [-0.1, -0.05) is 0 Å². The number of aromatic amines is 1. The van der Waals surface area contributed by atoms with Gasteiger partial charge in [-0.05, 0) is 19.4 Å². The fourth-order valence-corrected chi connectivity index (χ4v) is 1.51. The van der Waals surface area contributed by atoms with Crippen LogP contribution in [0, 0.1) is 6.92 Å². The molecule has 0 radical (unpaired) electrons. The minimum Gasteiger partial charge on any atom is -0.380 e. The second kappa shape index (κ2) is 3.89. The van der Waals surface area contributed by atoms with Crippen molar-refractivity contribution in [3.05, 3.63) is 17.5 Å². The van der Waals surface area contributed by atoms with E-state index in [0.29, 0.717) is 6.04 Å². The Morgan fingerprint density at radius 2 is 2.69 bits per heavy atom. The Kier molecular flexibility index (Phi) is 2.61. The third-order valence-electron chi connectivity index (χ3n) is 2.26. The van der Waals surface area contributed by atoms with E-state index in [9.17, 15) is 0 Å². The quantitative estimate of drug-likeness (QED) is 0.717. The average Bonchev–Trinajstić information content (AvgIpc) is 2.71. The van der Waals surface area contributed by atoms with Gasteiger partial charge in [-0.3, -0.25) is 5.10 Å². The first kappa shape index (κ1) is 8.72. The van der Waals surface area contributed by atoms with Crippen molar-refractivity contribution in [3.8, 4) is 0 Å². The zero-order chi connectivity index (χ0) is 9.10. The van der Waals surface area contributed by atoms with Crippen LogP contribution in [0.5, 0.6) is 0 Å². The zero-order valence-electron chi connectivity index (χ0n) is 7.84. The number of nitrogens with zero attached hydrogens (tertiary/aromatic N) is 1. The van der Waals surface area contributed by atoms with Crippen molar-refractivity contribution in [1.82, 2.24) is 15.5 Å². The molecule has 1 saturated heterocycles. The summed E-state index contributed by atoms with van der Waals surface area (Å²) in [5, 5.41) is 10.5. The summed E-state index contributed by atoms with van der Waals surface area (Å²) >= 11 is 0. The van der Waals surface area contributed by atoms with Gasteiger partial charge in [-0.25, -0.2) is 0 Å². The molecule has 4 nitrogen and oxygen atoms in total. The first-order valence-electron chi connectivity index (χ1n) is 4.66. The average molecular weight is 181 g/mol. The molecule has 0 aliphatic carbocycles. The van der Waals surface area contributed by atoms with Gasteiger partial charge >= 0.3 is 0 Å². The molecule has 1 aliphatic rings. The predicted molar refractivity (Wildman–Crippen MR) is 49.4 cm³/mol. The highest BCUT2D eigenvalue weighted by atomic mass is 16.5. The van der Waals surface area contributed by atoms with Crippen LogP contribution in [0.1, 0.15) is 17.8 Å². The smallest absolute Gasteiger partial charge is 0.0762 e. The van der Waals surface area contributed by atoms with Gasteiger partial charge in [0.25, 0.3) is 0 Å². The summed E-state index contributed by atoms with van der Waals surface area (Å²) in [5.74, 6) is 0. The summed E-state index contributed by atoms with van der Waals surface area (Å²) < 4.78 is 5.26. The van der Waals surface area contributed by atoms with E-state index in [1.54, 1.807) is 0 Å². The third-order valence-corrected chi connectivity index (χ3v) is 2.26. The Morgan fingerprint density at radius 1 is 1.77 bits per heavy atom. The van der Waals surface area contributed by atoms with Crippen LogP contribution in [0.2, 0.25) is 0 Å². The van der Waals surface area contributed by atoms with Crippen LogP contribution in [-0.2, 0) is 11.3 Å². The van der Waals surface area contributed by atoms with E-state index in [0.717, 1.165) is 37.6 Å². The van der Waals surface area contributed by atoms with E-state index >= 15 is 0 Å².